The van der Waals surface area contributed by atoms with Crippen molar-refractivity contribution in [3.05, 3.63) is 44.7 Å². The van der Waals surface area contributed by atoms with Gasteiger partial charge in [0.05, 0.1) is 7.11 Å². The highest BCUT2D eigenvalue weighted by Crippen LogP contribution is 2.24. The van der Waals surface area contributed by atoms with Crippen LogP contribution in [-0.2, 0) is 4.74 Å². The van der Waals surface area contributed by atoms with Crippen molar-refractivity contribution in [2.24, 2.45) is 0 Å². The number of methoxy groups -OCH3 is 1. The third-order valence-corrected chi connectivity index (χ3v) is 3.47. The minimum atomic E-state index is -0.490. The molecule has 0 radical (unpaired) electrons. The minimum Gasteiger partial charge on any atom is -0.465 e. The first-order valence-electron chi connectivity index (χ1n) is 5.89. The summed E-state index contributed by atoms with van der Waals surface area (Å²) in [6.07, 6.45) is 0. The number of hydrogen-bond donors (Lipinski definition) is 1. The van der Waals surface area contributed by atoms with E-state index in [9.17, 15) is 4.79 Å². The number of carbonyl (C=O) groups excluding carboxylic acids is 1. The number of H-pyrrole nitrogens is 1. The third-order valence-electron chi connectivity index (χ3n) is 2.94. The van der Waals surface area contributed by atoms with E-state index in [-0.39, 0.29) is 10.2 Å². The summed E-state index contributed by atoms with van der Waals surface area (Å²) in [7, 11) is 1.31. The first-order chi connectivity index (χ1) is 9.43. The summed E-state index contributed by atoms with van der Waals surface area (Å²) in [6, 6.07) is 5.49. The molecule has 2 aromatic rings. The number of nitrogens with zero attached hydrogens (tertiary/aromatic N) is 1. The predicted octanol–water partition coefficient (Wildman–Crippen LogP) is 3.86. The Balaban J connectivity index is 2.61. The molecule has 1 N–H and O–H groups in total. The van der Waals surface area contributed by atoms with Gasteiger partial charge in [0.25, 0.3) is 0 Å². The molecule has 0 saturated carbocycles. The number of carbonyl (C=O) groups is 1. The van der Waals surface area contributed by atoms with E-state index < -0.39 is 5.97 Å². The second kappa shape index (κ2) is 5.73. The molecule has 20 heavy (non-hydrogen) atoms. The molecule has 0 atom stereocenters. The zero-order valence-corrected chi connectivity index (χ0v) is 12.9. The Morgan fingerprint density at radius 3 is 2.65 bits per heavy atom. The first kappa shape index (κ1) is 14.7. The molecular weight excluding hydrogens is 296 g/mol. The van der Waals surface area contributed by atoms with Crippen LogP contribution in [0.5, 0.6) is 0 Å². The number of rotatable bonds is 2. The molecule has 1 heterocycles. The number of benzene rings is 1. The highest BCUT2D eigenvalue weighted by molar-refractivity contribution is 7.71. The summed E-state index contributed by atoms with van der Waals surface area (Å²) < 4.78 is 4.92. The van der Waals surface area contributed by atoms with Gasteiger partial charge in [0.1, 0.15) is 16.0 Å². The van der Waals surface area contributed by atoms with Crippen LogP contribution in [0.3, 0.4) is 0 Å². The topological polar surface area (TPSA) is 55.0 Å². The number of halogens is 1. The average Bonchev–Trinajstić information content (AvgIpc) is 2.37. The number of esters is 1. The van der Waals surface area contributed by atoms with E-state index in [0.29, 0.717) is 16.5 Å². The second-order valence-corrected chi connectivity index (χ2v) is 5.16. The van der Waals surface area contributed by atoms with E-state index in [1.54, 1.807) is 13.0 Å². The molecule has 104 valence electrons. The van der Waals surface area contributed by atoms with Gasteiger partial charge in [0.15, 0.2) is 0 Å². The summed E-state index contributed by atoms with van der Waals surface area (Å²) in [5.41, 5.74) is 2.78. The fourth-order valence-corrected chi connectivity index (χ4v) is 2.50. The number of hydrogen-bond acceptors (Lipinski definition) is 4. The Morgan fingerprint density at radius 1 is 1.40 bits per heavy atom. The van der Waals surface area contributed by atoms with E-state index >= 15 is 0 Å². The van der Waals surface area contributed by atoms with Gasteiger partial charge >= 0.3 is 5.97 Å². The first-order valence-corrected chi connectivity index (χ1v) is 6.68. The molecule has 0 unspecified atom stereocenters. The lowest BCUT2D eigenvalue weighted by atomic mass is 10.1. The summed E-state index contributed by atoms with van der Waals surface area (Å²) in [6.45, 7) is 3.70. The average molecular weight is 309 g/mol. The highest BCUT2D eigenvalue weighted by atomic mass is 35.5. The fraction of sp³-hybridized carbons (Fsp3) is 0.214. The van der Waals surface area contributed by atoms with Crippen LogP contribution >= 0.6 is 23.8 Å². The van der Waals surface area contributed by atoms with Gasteiger partial charge in [-0.1, -0.05) is 23.8 Å². The maximum atomic E-state index is 11.6. The molecule has 0 aliphatic heterocycles. The van der Waals surface area contributed by atoms with Crippen molar-refractivity contribution >= 4 is 29.8 Å². The van der Waals surface area contributed by atoms with Gasteiger partial charge in [-0.15, -0.1) is 0 Å². The smallest absolute Gasteiger partial charge is 0.342 e. The summed E-state index contributed by atoms with van der Waals surface area (Å²) in [5, 5.41) is 0.660. The number of ether oxygens (including phenoxy) is 1. The molecule has 0 bridgehead atoms. The van der Waals surface area contributed by atoms with Gasteiger partial charge in [-0.3, -0.25) is 0 Å². The number of aromatic amines is 1. The molecule has 2 rings (SSSR count). The molecular formula is C14H13ClN2O2S. The second-order valence-electron chi connectivity index (χ2n) is 4.34. The lowest BCUT2D eigenvalue weighted by Gasteiger charge is -2.09. The Bertz CT molecular complexity index is 740. The Kier molecular flexibility index (Phi) is 4.20. The minimum absolute atomic E-state index is 0.220. The Hall–Kier alpha value is -1.72. The molecule has 6 heteroatoms. The van der Waals surface area contributed by atoms with Crippen LogP contribution in [0.2, 0.25) is 5.02 Å². The summed E-state index contributed by atoms with van der Waals surface area (Å²) in [5.74, 6) is 0.116. The van der Waals surface area contributed by atoms with Crippen molar-refractivity contribution in [2.45, 2.75) is 13.8 Å². The molecule has 0 fully saturated rings. The molecule has 4 nitrogen and oxygen atoms in total. The van der Waals surface area contributed by atoms with Crippen LogP contribution in [0.15, 0.2) is 18.2 Å². The van der Waals surface area contributed by atoms with Crippen LogP contribution in [-0.4, -0.2) is 23.0 Å². The van der Waals surface area contributed by atoms with Crippen molar-refractivity contribution < 1.29 is 9.53 Å². The van der Waals surface area contributed by atoms with Crippen molar-refractivity contribution in [3.8, 4) is 11.4 Å². The maximum Gasteiger partial charge on any atom is 0.342 e. The maximum absolute atomic E-state index is 11.6. The van der Waals surface area contributed by atoms with Gasteiger partial charge < -0.3 is 9.72 Å². The molecule has 0 aliphatic rings. The molecule has 0 aliphatic carbocycles. The number of aromatic nitrogens is 2. The highest BCUT2D eigenvalue weighted by Gasteiger charge is 2.15. The normalized spacial score (nSPS) is 10.4. The van der Waals surface area contributed by atoms with E-state index in [4.69, 9.17) is 28.6 Å². The molecule has 1 aromatic heterocycles. The van der Waals surface area contributed by atoms with Gasteiger partial charge in [0.2, 0.25) is 0 Å². The monoisotopic (exact) mass is 308 g/mol. The molecule has 0 saturated heterocycles. The lowest BCUT2D eigenvalue weighted by molar-refractivity contribution is 0.0598. The van der Waals surface area contributed by atoms with E-state index in [2.05, 4.69) is 9.97 Å². The van der Waals surface area contributed by atoms with Crippen LogP contribution < -0.4 is 0 Å². The standard InChI is InChI=1S/C14H13ClN2O2S/c1-7-6-9(15)4-5-10(7)12-16-8(2)11(13(20)17-12)14(18)19-3/h4-6H,1-3H3,(H,16,17,20). The molecule has 1 aromatic carbocycles. The van der Waals surface area contributed by atoms with Gasteiger partial charge in [0, 0.05) is 16.3 Å². The lowest BCUT2D eigenvalue weighted by Crippen LogP contribution is -2.09. The van der Waals surface area contributed by atoms with Crippen molar-refractivity contribution in [3.63, 3.8) is 0 Å². The van der Waals surface area contributed by atoms with Gasteiger partial charge in [-0.05, 0) is 37.6 Å². The van der Waals surface area contributed by atoms with Gasteiger partial charge in [-0.2, -0.15) is 0 Å². The van der Waals surface area contributed by atoms with Crippen LogP contribution in [0.25, 0.3) is 11.4 Å². The van der Waals surface area contributed by atoms with Crippen molar-refractivity contribution in [1.82, 2.24) is 9.97 Å². The summed E-state index contributed by atoms with van der Waals surface area (Å²) >= 11 is 11.1. The van der Waals surface area contributed by atoms with E-state index in [0.717, 1.165) is 11.1 Å². The SMILES string of the molecule is COC(=O)c1c(C)[nH]c(-c2ccc(Cl)cc2C)nc1=S. The Labute approximate surface area is 126 Å². The van der Waals surface area contributed by atoms with Crippen molar-refractivity contribution in [1.29, 1.82) is 0 Å². The largest absolute Gasteiger partial charge is 0.465 e. The number of aryl methyl sites for hydroxylation is 2. The van der Waals surface area contributed by atoms with Crippen molar-refractivity contribution in [2.75, 3.05) is 7.11 Å². The summed E-state index contributed by atoms with van der Waals surface area (Å²) in [4.78, 5) is 19.0. The molecule has 0 spiro atoms. The zero-order chi connectivity index (χ0) is 14.9. The number of nitrogens with one attached hydrogen (secondary N) is 1. The van der Waals surface area contributed by atoms with Crippen LogP contribution in [0.1, 0.15) is 21.6 Å². The quantitative estimate of drug-likeness (QED) is 0.676. The van der Waals surface area contributed by atoms with Crippen LogP contribution in [0.4, 0.5) is 0 Å². The molecule has 0 amide bonds. The predicted molar refractivity (Wildman–Crippen MR) is 80.7 cm³/mol. The van der Waals surface area contributed by atoms with E-state index in [1.165, 1.54) is 7.11 Å². The zero-order valence-electron chi connectivity index (χ0n) is 11.3. The third kappa shape index (κ3) is 2.73. The Morgan fingerprint density at radius 2 is 2.10 bits per heavy atom. The fourth-order valence-electron chi connectivity index (χ4n) is 1.95. The van der Waals surface area contributed by atoms with Gasteiger partial charge in [-0.25, -0.2) is 9.78 Å². The van der Waals surface area contributed by atoms with Crippen LogP contribution in [0, 0.1) is 18.5 Å². The van der Waals surface area contributed by atoms with E-state index in [1.807, 2.05) is 19.1 Å².